The molecule has 0 fully saturated rings. The Bertz CT molecular complexity index is 278. The van der Waals surface area contributed by atoms with Crippen LogP contribution in [0.3, 0.4) is 0 Å². The van der Waals surface area contributed by atoms with E-state index in [-0.39, 0.29) is 0 Å². The molecule has 0 radical (unpaired) electrons. The molecule has 0 saturated heterocycles. The van der Waals surface area contributed by atoms with Crippen LogP contribution in [-0.2, 0) is 20.0 Å². The second-order valence-electron chi connectivity index (χ2n) is 4.21. The molecule has 3 heteroatoms. The van der Waals surface area contributed by atoms with Gasteiger partial charge in [-0.3, -0.25) is 0 Å². The molecular formula is C12H24N3+. The number of aryl methyl sites for hydroxylation is 3. The van der Waals surface area contributed by atoms with Crippen LogP contribution in [0, 0.1) is 0 Å². The lowest BCUT2D eigenvalue weighted by Crippen LogP contribution is -2.35. The van der Waals surface area contributed by atoms with Crippen molar-refractivity contribution in [3.63, 3.8) is 0 Å². The Morgan fingerprint density at radius 2 is 2.00 bits per heavy atom. The van der Waals surface area contributed by atoms with Gasteiger partial charge in [0.25, 0.3) is 0 Å². The molecule has 15 heavy (non-hydrogen) atoms. The smallest absolute Gasteiger partial charge is 0.137 e. The Morgan fingerprint density at radius 1 is 1.20 bits per heavy atom. The largest absolute Gasteiger partial charge is 0.167 e. The highest BCUT2D eigenvalue weighted by Gasteiger charge is 2.10. The summed E-state index contributed by atoms with van der Waals surface area (Å²) in [6.07, 6.45) is 9.73. The van der Waals surface area contributed by atoms with E-state index in [1.165, 1.54) is 37.8 Å². The van der Waals surface area contributed by atoms with Gasteiger partial charge in [0, 0.05) is 6.42 Å². The first-order valence-electron chi connectivity index (χ1n) is 6.20. The Labute approximate surface area is 93.1 Å². The number of hydrogen-bond acceptors (Lipinski definition) is 1. The highest BCUT2D eigenvalue weighted by molar-refractivity contribution is 4.89. The van der Waals surface area contributed by atoms with Crippen LogP contribution in [0.15, 0.2) is 6.20 Å². The highest BCUT2D eigenvalue weighted by atomic mass is 15.5. The van der Waals surface area contributed by atoms with Crippen LogP contribution in [0.5, 0.6) is 0 Å². The van der Waals surface area contributed by atoms with Crippen LogP contribution in [0.4, 0.5) is 0 Å². The highest BCUT2D eigenvalue weighted by Crippen LogP contribution is 2.00. The lowest BCUT2D eigenvalue weighted by Gasteiger charge is -1.93. The van der Waals surface area contributed by atoms with E-state index in [2.05, 4.69) is 29.9 Å². The third-order valence-electron chi connectivity index (χ3n) is 2.71. The van der Waals surface area contributed by atoms with Gasteiger partial charge in [-0.15, -0.1) is 9.36 Å². The third-order valence-corrected chi connectivity index (χ3v) is 2.71. The van der Waals surface area contributed by atoms with E-state index in [0.717, 1.165) is 13.0 Å². The SMILES string of the molecule is CCCCCC[n+]1cc(CCC)n(C)n1. The Balaban J connectivity index is 2.37. The van der Waals surface area contributed by atoms with Crippen molar-refractivity contribution in [3.05, 3.63) is 11.9 Å². The lowest BCUT2D eigenvalue weighted by molar-refractivity contribution is -0.755. The van der Waals surface area contributed by atoms with Gasteiger partial charge in [0.05, 0.1) is 5.21 Å². The molecule has 1 aromatic rings. The molecule has 0 aliphatic heterocycles. The predicted octanol–water partition coefficient (Wildman–Crippen LogP) is 2.24. The van der Waals surface area contributed by atoms with E-state index in [0.29, 0.717) is 0 Å². The predicted molar refractivity (Wildman–Crippen MR) is 61.5 cm³/mol. The van der Waals surface area contributed by atoms with Crippen LogP contribution in [0.25, 0.3) is 0 Å². The quantitative estimate of drug-likeness (QED) is 0.499. The Morgan fingerprint density at radius 3 is 2.67 bits per heavy atom. The van der Waals surface area contributed by atoms with Crippen LogP contribution >= 0.6 is 0 Å². The van der Waals surface area contributed by atoms with Crippen molar-refractivity contribution in [2.45, 2.75) is 58.9 Å². The number of aromatic nitrogens is 3. The van der Waals surface area contributed by atoms with Crippen molar-refractivity contribution in [1.82, 2.24) is 9.90 Å². The summed E-state index contributed by atoms with van der Waals surface area (Å²) < 4.78 is 4.09. The standard InChI is InChI=1S/C12H24N3/c1-4-6-7-8-10-15-11-12(9-5-2)14(3)13-15/h11H,4-10H2,1-3H3/q+1. The monoisotopic (exact) mass is 210 g/mol. The first-order chi connectivity index (χ1) is 7.27. The average Bonchev–Trinajstić information content (AvgIpc) is 2.55. The van der Waals surface area contributed by atoms with E-state index in [4.69, 9.17) is 0 Å². The van der Waals surface area contributed by atoms with Crippen LogP contribution in [0.1, 0.15) is 51.6 Å². The first-order valence-corrected chi connectivity index (χ1v) is 6.20. The van der Waals surface area contributed by atoms with Crippen molar-refractivity contribution in [1.29, 1.82) is 0 Å². The molecule has 0 N–H and O–H groups in total. The van der Waals surface area contributed by atoms with Crippen molar-refractivity contribution < 1.29 is 4.68 Å². The Kier molecular flexibility index (Phi) is 5.37. The number of unbranched alkanes of at least 4 members (excludes halogenated alkanes) is 3. The molecule has 1 rings (SSSR count). The fourth-order valence-corrected chi connectivity index (χ4v) is 1.80. The summed E-state index contributed by atoms with van der Waals surface area (Å²) in [6, 6.07) is 0. The molecule has 1 aromatic heterocycles. The maximum absolute atomic E-state index is 4.46. The minimum Gasteiger partial charge on any atom is -0.137 e. The molecule has 1 heterocycles. The molecule has 0 amide bonds. The van der Waals surface area contributed by atoms with Gasteiger partial charge in [-0.1, -0.05) is 26.7 Å². The fraction of sp³-hybridized carbons (Fsp3) is 0.833. The van der Waals surface area contributed by atoms with Gasteiger partial charge in [0.1, 0.15) is 13.6 Å². The summed E-state index contributed by atoms with van der Waals surface area (Å²) in [5.41, 5.74) is 1.34. The van der Waals surface area contributed by atoms with Crippen molar-refractivity contribution in [2.24, 2.45) is 7.05 Å². The molecule has 0 spiro atoms. The summed E-state index contributed by atoms with van der Waals surface area (Å²) >= 11 is 0. The molecule has 0 aliphatic rings. The molecule has 0 unspecified atom stereocenters. The lowest BCUT2D eigenvalue weighted by atomic mass is 10.2. The Hall–Kier alpha value is -0.860. The maximum Gasteiger partial charge on any atom is 0.167 e. The normalized spacial score (nSPS) is 10.9. The van der Waals surface area contributed by atoms with Crippen LogP contribution < -0.4 is 4.68 Å². The molecule has 3 nitrogen and oxygen atoms in total. The summed E-state index contributed by atoms with van der Waals surface area (Å²) in [4.78, 5) is 0. The van der Waals surface area contributed by atoms with Gasteiger partial charge in [-0.25, -0.2) is 0 Å². The fourth-order valence-electron chi connectivity index (χ4n) is 1.80. The van der Waals surface area contributed by atoms with E-state index >= 15 is 0 Å². The minimum atomic E-state index is 1.07. The second kappa shape index (κ2) is 6.59. The molecule has 0 aliphatic carbocycles. The maximum atomic E-state index is 4.46. The first kappa shape index (κ1) is 12.2. The summed E-state index contributed by atoms with van der Waals surface area (Å²) in [6.45, 7) is 5.52. The summed E-state index contributed by atoms with van der Waals surface area (Å²) in [5, 5.41) is 4.46. The number of hydrogen-bond donors (Lipinski definition) is 0. The van der Waals surface area contributed by atoms with Gasteiger partial charge in [-0.05, 0) is 19.3 Å². The second-order valence-corrected chi connectivity index (χ2v) is 4.21. The van der Waals surface area contributed by atoms with Gasteiger partial charge < -0.3 is 0 Å². The van der Waals surface area contributed by atoms with Gasteiger partial charge >= 0.3 is 0 Å². The van der Waals surface area contributed by atoms with Gasteiger partial charge in [0.15, 0.2) is 11.9 Å². The molecule has 0 aromatic carbocycles. The van der Waals surface area contributed by atoms with E-state index in [1.807, 2.05) is 11.7 Å². The minimum absolute atomic E-state index is 1.07. The van der Waals surface area contributed by atoms with E-state index in [9.17, 15) is 0 Å². The van der Waals surface area contributed by atoms with Gasteiger partial charge in [-0.2, -0.15) is 0 Å². The van der Waals surface area contributed by atoms with Crippen molar-refractivity contribution in [3.8, 4) is 0 Å². The van der Waals surface area contributed by atoms with Crippen molar-refractivity contribution in [2.75, 3.05) is 0 Å². The molecule has 0 bridgehead atoms. The van der Waals surface area contributed by atoms with E-state index in [1.54, 1.807) is 0 Å². The zero-order chi connectivity index (χ0) is 11.1. The summed E-state index contributed by atoms with van der Waals surface area (Å²) in [7, 11) is 2.04. The number of nitrogens with zero attached hydrogens (tertiary/aromatic N) is 3. The topological polar surface area (TPSA) is 21.7 Å². The zero-order valence-electron chi connectivity index (χ0n) is 10.4. The average molecular weight is 210 g/mol. The molecule has 86 valence electrons. The summed E-state index contributed by atoms with van der Waals surface area (Å²) in [5.74, 6) is 0. The zero-order valence-corrected chi connectivity index (χ0v) is 10.4. The molecular weight excluding hydrogens is 186 g/mol. The third kappa shape index (κ3) is 4.02. The molecule has 0 atom stereocenters. The number of rotatable bonds is 7. The van der Waals surface area contributed by atoms with Crippen LogP contribution in [-0.4, -0.2) is 9.90 Å². The van der Waals surface area contributed by atoms with Crippen molar-refractivity contribution >= 4 is 0 Å². The molecule has 0 saturated carbocycles. The van der Waals surface area contributed by atoms with Gasteiger partial charge in [0.2, 0.25) is 0 Å². The van der Waals surface area contributed by atoms with Crippen LogP contribution in [0.2, 0.25) is 0 Å². The van der Waals surface area contributed by atoms with E-state index < -0.39 is 0 Å².